The second-order valence-electron chi connectivity index (χ2n) is 7.26. The molecule has 0 radical (unpaired) electrons. The lowest BCUT2D eigenvalue weighted by molar-refractivity contribution is -0.141. The first-order valence-corrected chi connectivity index (χ1v) is 9.50. The van der Waals surface area contributed by atoms with Crippen molar-refractivity contribution in [1.82, 2.24) is 0 Å². The zero-order chi connectivity index (χ0) is 20.0. The van der Waals surface area contributed by atoms with Crippen molar-refractivity contribution >= 4 is 17.3 Å². The summed E-state index contributed by atoms with van der Waals surface area (Å²) >= 11 is 0. The van der Waals surface area contributed by atoms with Crippen LogP contribution in [0.15, 0.2) is 84.0 Å². The maximum absolute atomic E-state index is 13.6. The SMILES string of the molecule is COc1ccc([C@@H]2C(c3ccccc3)=NO[C@@]23C(=O)N(C)c2ccccc23)cc1. The average molecular weight is 384 g/mol. The van der Waals surface area contributed by atoms with E-state index in [4.69, 9.17) is 9.57 Å². The van der Waals surface area contributed by atoms with E-state index in [0.29, 0.717) is 0 Å². The molecule has 2 atom stereocenters. The van der Waals surface area contributed by atoms with Crippen LogP contribution in [0.25, 0.3) is 0 Å². The second-order valence-corrected chi connectivity index (χ2v) is 7.26. The first-order chi connectivity index (χ1) is 14.2. The van der Waals surface area contributed by atoms with E-state index in [-0.39, 0.29) is 11.8 Å². The number of anilines is 1. The lowest BCUT2D eigenvalue weighted by Crippen LogP contribution is -2.44. The van der Waals surface area contributed by atoms with E-state index in [2.05, 4.69) is 5.16 Å². The maximum Gasteiger partial charge on any atom is 0.279 e. The highest BCUT2D eigenvalue weighted by Gasteiger charge is 2.62. The van der Waals surface area contributed by atoms with Crippen molar-refractivity contribution in [3.63, 3.8) is 0 Å². The molecule has 1 amide bonds. The van der Waals surface area contributed by atoms with Crippen LogP contribution in [0.5, 0.6) is 5.75 Å². The summed E-state index contributed by atoms with van der Waals surface area (Å²) in [5.41, 5.74) is 3.09. The van der Waals surface area contributed by atoms with Gasteiger partial charge in [0.15, 0.2) is 0 Å². The summed E-state index contributed by atoms with van der Waals surface area (Å²) in [6.07, 6.45) is 0. The van der Waals surface area contributed by atoms with Crippen LogP contribution in [0.1, 0.15) is 22.6 Å². The molecule has 2 aliphatic rings. The number of fused-ring (bicyclic) bond motifs is 2. The zero-order valence-electron chi connectivity index (χ0n) is 16.2. The van der Waals surface area contributed by atoms with Crippen LogP contribution in [0.4, 0.5) is 5.69 Å². The molecule has 0 aromatic heterocycles. The van der Waals surface area contributed by atoms with E-state index in [1.54, 1.807) is 19.1 Å². The summed E-state index contributed by atoms with van der Waals surface area (Å²) in [6, 6.07) is 25.4. The molecule has 0 unspecified atom stereocenters. The first-order valence-electron chi connectivity index (χ1n) is 9.50. The largest absolute Gasteiger partial charge is 0.497 e. The summed E-state index contributed by atoms with van der Waals surface area (Å²) in [4.78, 5) is 21.3. The molecule has 0 saturated heterocycles. The molecule has 29 heavy (non-hydrogen) atoms. The number of methoxy groups -OCH3 is 1. The Morgan fingerprint density at radius 2 is 1.66 bits per heavy atom. The first kappa shape index (κ1) is 17.5. The van der Waals surface area contributed by atoms with Gasteiger partial charge in [-0.15, -0.1) is 0 Å². The van der Waals surface area contributed by atoms with Crippen LogP contribution in [0.2, 0.25) is 0 Å². The number of ether oxygens (including phenoxy) is 1. The number of carbonyl (C=O) groups is 1. The minimum absolute atomic E-state index is 0.116. The number of oxime groups is 1. The number of rotatable bonds is 3. The highest BCUT2D eigenvalue weighted by atomic mass is 16.7. The number of hydrogen-bond acceptors (Lipinski definition) is 4. The Hall–Kier alpha value is -3.60. The fourth-order valence-corrected chi connectivity index (χ4v) is 4.36. The smallest absolute Gasteiger partial charge is 0.279 e. The normalized spacial score (nSPS) is 22.4. The van der Waals surface area contributed by atoms with Crippen molar-refractivity contribution in [2.75, 3.05) is 19.1 Å². The van der Waals surface area contributed by atoms with Gasteiger partial charge in [-0.3, -0.25) is 4.79 Å². The number of hydrogen-bond donors (Lipinski definition) is 0. The Morgan fingerprint density at radius 1 is 0.966 bits per heavy atom. The summed E-state index contributed by atoms with van der Waals surface area (Å²) in [5.74, 6) is 0.263. The lowest BCUT2D eigenvalue weighted by Gasteiger charge is -2.28. The van der Waals surface area contributed by atoms with Gasteiger partial charge in [-0.25, -0.2) is 0 Å². The predicted octanol–water partition coefficient (Wildman–Crippen LogP) is 4.09. The van der Waals surface area contributed by atoms with Crippen LogP contribution in [0.3, 0.4) is 0 Å². The van der Waals surface area contributed by atoms with Gasteiger partial charge >= 0.3 is 0 Å². The third-order valence-corrected chi connectivity index (χ3v) is 5.77. The highest BCUT2D eigenvalue weighted by molar-refractivity contribution is 6.16. The number of amides is 1. The highest BCUT2D eigenvalue weighted by Crippen LogP contribution is 2.54. The topological polar surface area (TPSA) is 51.1 Å². The molecular formula is C24H20N2O3. The predicted molar refractivity (Wildman–Crippen MR) is 111 cm³/mol. The number of nitrogens with zero attached hydrogens (tertiary/aromatic N) is 2. The van der Waals surface area contributed by atoms with Gasteiger partial charge in [-0.05, 0) is 23.8 Å². The number of carbonyl (C=O) groups excluding carboxylic acids is 1. The number of para-hydroxylation sites is 1. The zero-order valence-corrected chi connectivity index (χ0v) is 16.2. The fourth-order valence-electron chi connectivity index (χ4n) is 4.36. The minimum atomic E-state index is -1.22. The van der Waals surface area contributed by atoms with Gasteiger partial charge in [0.05, 0.1) is 24.4 Å². The van der Waals surface area contributed by atoms with Crippen LogP contribution in [-0.2, 0) is 15.2 Å². The standard InChI is InChI=1S/C24H20N2O3/c1-26-20-11-7-6-10-19(20)24(23(26)27)21(16-12-14-18(28-2)15-13-16)22(25-29-24)17-8-4-3-5-9-17/h3-15,21H,1-2H3/t21-,24-/m1/s1. The summed E-state index contributed by atoms with van der Waals surface area (Å²) in [5, 5.41) is 4.46. The van der Waals surface area contributed by atoms with E-state index in [1.165, 1.54) is 0 Å². The average Bonchev–Trinajstić information content (AvgIpc) is 3.28. The van der Waals surface area contributed by atoms with Crippen molar-refractivity contribution in [2.45, 2.75) is 11.5 Å². The third-order valence-electron chi connectivity index (χ3n) is 5.77. The summed E-state index contributed by atoms with van der Waals surface area (Å²) in [6.45, 7) is 0. The van der Waals surface area contributed by atoms with Gasteiger partial charge in [0, 0.05) is 18.2 Å². The van der Waals surface area contributed by atoms with Crippen molar-refractivity contribution in [2.24, 2.45) is 5.16 Å². The molecule has 0 N–H and O–H groups in total. The molecule has 3 aromatic carbocycles. The van der Waals surface area contributed by atoms with Gasteiger partial charge in [0.25, 0.3) is 11.5 Å². The van der Waals surface area contributed by atoms with Crippen molar-refractivity contribution < 1.29 is 14.4 Å². The van der Waals surface area contributed by atoms with Crippen LogP contribution >= 0.6 is 0 Å². The molecular weight excluding hydrogens is 364 g/mol. The van der Waals surface area contributed by atoms with Crippen molar-refractivity contribution in [3.8, 4) is 5.75 Å². The Balaban J connectivity index is 1.73. The van der Waals surface area contributed by atoms with Gasteiger partial charge in [-0.1, -0.05) is 65.8 Å². The van der Waals surface area contributed by atoms with Crippen molar-refractivity contribution in [1.29, 1.82) is 0 Å². The van der Waals surface area contributed by atoms with Gasteiger partial charge in [-0.2, -0.15) is 0 Å². The molecule has 0 saturated carbocycles. The molecule has 0 fully saturated rings. The van der Waals surface area contributed by atoms with Crippen molar-refractivity contribution in [3.05, 3.63) is 95.6 Å². The van der Waals surface area contributed by atoms with Crippen LogP contribution in [0, 0.1) is 0 Å². The minimum Gasteiger partial charge on any atom is -0.497 e. The summed E-state index contributed by atoms with van der Waals surface area (Å²) in [7, 11) is 3.42. The molecule has 1 spiro atoms. The molecule has 2 aliphatic heterocycles. The van der Waals surface area contributed by atoms with E-state index in [0.717, 1.165) is 33.8 Å². The molecule has 5 nitrogen and oxygen atoms in total. The Labute approximate surface area is 169 Å². The Kier molecular flexibility index (Phi) is 3.91. The van der Waals surface area contributed by atoms with Gasteiger partial charge < -0.3 is 14.5 Å². The number of benzene rings is 3. The monoisotopic (exact) mass is 384 g/mol. The molecule has 2 heterocycles. The lowest BCUT2D eigenvalue weighted by atomic mass is 9.74. The fraction of sp³-hybridized carbons (Fsp3) is 0.167. The number of likely N-dealkylation sites (N-methyl/N-ethyl adjacent to an activating group) is 1. The third kappa shape index (κ3) is 2.40. The second kappa shape index (κ2) is 6.48. The van der Waals surface area contributed by atoms with Gasteiger partial charge in [0.1, 0.15) is 5.75 Å². The molecule has 0 aliphatic carbocycles. The molecule has 5 heteroatoms. The van der Waals surface area contributed by atoms with E-state index in [9.17, 15) is 4.79 Å². The van der Waals surface area contributed by atoms with E-state index in [1.807, 2.05) is 78.9 Å². The molecule has 144 valence electrons. The quantitative estimate of drug-likeness (QED) is 0.684. The Morgan fingerprint density at radius 3 is 2.38 bits per heavy atom. The van der Waals surface area contributed by atoms with E-state index < -0.39 is 5.60 Å². The Bertz CT molecular complexity index is 1110. The van der Waals surface area contributed by atoms with Crippen LogP contribution in [-0.4, -0.2) is 25.8 Å². The molecule has 0 bridgehead atoms. The molecule has 3 aromatic rings. The van der Waals surface area contributed by atoms with E-state index >= 15 is 0 Å². The summed E-state index contributed by atoms with van der Waals surface area (Å²) < 4.78 is 5.32. The van der Waals surface area contributed by atoms with Gasteiger partial charge in [0.2, 0.25) is 0 Å². The molecule has 5 rings (SSSR count). The maximum atomic E-state index is 13.6. The van der Waals surface area contributed by atoms with Crippen LogP contribution < -0.4 is 9.64 Å².